The number of ether oxygens (including phenoxy) is 3. The lowest BCUT2D eigenvalue weighted by Gasteiger charge is -2.35. The number of nitrogens with one attached hydrogen (secondary N) is 2. The molecule has 0 amide bonds. The number of rotatable bonds is 8. The van der Waals surface area contributed by atoms with E-state index in [1.807, 2.05) is 30.3 Å². The summed E-state index contributed by atoms with van der Waals surface area (Å²) in [4.78, 5) is 25.1. The second kappa shape index (κ2) is 10.6. The first-order chi connectivity index (χ1) is 18.7. The van der Waals surface area contributed by atoms with E-state index < -0.39 is 25.3 Å². The van der Waals surface area contributed by atoms with Gasteiger partial charge in [-0.05, 0) is 24.3 Å². The molecular formula is C26H25ClN4O5. The highest BCUT2D eigenvalue weighted by Crippen LogP contribution is 2.32. The predicted molar refractivity (Wildman–Crippen MR) is 135 cm³/mol. The number of carbonyl (C=O) groups is 1. The number of halogens is 1. The summed E-state index contributed by atoms with van der Waals surface area (Å²) in [7, 11) is -2.65. The van der Waals surface area contributed by atoms with Crippen molar-refractivity contribution in [2.24, 2.45) is 0 Å². The lowest BCUT2D eigenvalue weighted by atomic mass is 10.0. The smallest absolute Gasteiger partial charge is 0.196 e. The minimum Gasteiger partial charge on any atom is -0.457 e. The fourth-order valence-electron chi connectivity index (χ4n) is 4.17. The summed E-state index contributed by atoms with van der Waals surface area (Å²) in [6.45, 7) is -0.211. The second-order valence-electron chi connectivity index (χ2n) is 8.31. The van der Waals surface area contributed by atoms with Gasteiger partial charge in [-0.25, -0.2) is 9.97 Å². The molecule has 0 radical (unpaired) electrons. The molecular weight excluding hydrogens is 484 g/mol. The molecule has 3 atom stereocenters. The number of benzene rings is 2. The third kappa shape index (κ3) is 4.91. The summed E-state index contributed by atoms with van der Waals surface area (Å²) in [5.74, 6) is 1.03. The molecule has 0 bridgehead atoms. The molecule has 4 aromatic rings. The Hall–Kier alpha value is -3.50. The normalized spacial score (nSPS) is 21.4. The highest BCUT2D eigenvalue weighted by molar-refractivity contribution is 6.35. The van der Waals surface area contributed by atoms with Crippen molar-refractivity contribution in [1.29, 1.82) is 0 Å². The van der Waals surface area contributed by atoms with Crippen molar-refractivity contribution in [1.82, 2.24) is 15.0 Å². The molecule has 5 rings (SSSR count). The van der Waals surface area contributed by atoms with Gasteiger partial charge in [0, 0.05) is 31.3 Å². The molecule has 1 saturated heterocycles. The summed E-state index contributed by atoms with van der Waals surface area (Å²) < 4.78 is 39.4. The maximum Gasteiger partial charge on any atom is 0.196 e. The maximum atomic E-state index is 13.6. The van der Waals surface area contributed by atoms with Crippen LogP contribution in [-0.2, 0) is 9.47 Å². The van der Waals surface area contributed by atoms with Gasteiger partial charge in [-0.15, -0.1) is 0 Å². The van der Waals surface area contributed by atoms with Gasteiger partial charge >= 0.3 is 0 Å². The van der Waals surface area contributed by atoms with Gasteiger partial charge in [0.25, 0.3) is 0 Å². The highest BCUT2D eigenvalue weighted by atomic mass is 35.5. The molecule has 0 aliphatic carbocycles. The van der Waals surface area contributed by atoms with E-state index in [1.165, 1.54) is 12.5 Å². The minimum atomic E-state index is -2.65. The summed E-state index contributed by atoms with van der Waals surface area (Å²) in [6.07, 6.45) is 1.64. The Labute approximate surface area is 216 Å². The SMILES string of the molecule is [2H]C([2H])([2H])O[C@@H]1C[C@@H](CO)OC[C@@H]1Nc1ncnc2[nH]cc(C(=O)c3ccc(Oc4ccccc4)cc3Cl)c12. The molecule has 0 saturated carbocycles. The first-order valence-electron chi connectivity index (χ1n) is 12.8. The number of hydrogen-bond donors (Lipinski definition) is 3. The average Bonchev–Trinajstić information content (AvgIpc) is 3.34. The number of H-pyrrole nitrogens is 1. The van der Waals surface area contributed by atoms with Crippen LogP contribution in [0.5, 0.6) is 11.5 Å². The lowest BCUT2D eigenvalue weighted by molar-refractivity contribution is -0.0831. The number of fused-ring (bicyclic) bond motifs is 1. The molecule has 186 valence electrons. The number of anilines is 1. The average molecular weight is 512 g/mol. The monoisotopic (exact) mass is 511 g/mol. The number of aliphatic hydroxyl groups excluding tert-OH is 1. The Bertz CT molecular complexity index is 1470. The summed E-state index contributed by atoms with van der Waals surface area (Å²) >= 11 is 6.50. The molecule has 3 N–H and O–H groups in total. The van der Waals surface area contributed by atoms with Crippen LogP contribution >= 0.6 is 11.6 Å². The molecule has 1 fully saturated rings. The van der Waals surface area contributed by atoms with Crippen LogP contribution in [0.25, 0.3) is 11.0 Å². The summed E-state index contributed by atoms with van der Waals surface area (Å²) in [5.41, 5.74) is 0.919. The van der Waals surface area contributed by atoms with Crippen LogP contribution in [0.15, 0.2) is 61.1 Å². The van der Waals surface area contributed by atoms with E-state index in [9.17, 15) is 9.90 Å². The molecule has 9 nitrogen and oxygen atoms in total. The lowest BCUT2D eigenvalue weighted by Crippen LogP contribution is -2.47. The van der Waals surface area contributed by atoms with E-state index >= 15 is 0 Å². The number of aromatic amines is 1. The predicted octanol–water partition coefficient (Wildman–Crippen LogP) is 4.21. The Balaban J connectivity index is 1.42. The van der Waals surface area contributed by atoms with Gasteiger partial charge in [0.05, 0.1) is 51.5 Å². The van der Waals surface area contributed by atoms with Gasteiger partial charge in [-0.1, -0.05) is 29.8 Å². The first kappa shape index (κ1) is 20.7. The van der Waals surface area contributed by atoms with Gasteiger partial charge in [0.2, 0.25) is 0 Å². The van der Waals surface area contributed by atoms with Crippen molar-refractivity contribution in [3.8, 4) is 11.5 Å². The quantitative estimate of drug-likeness (QED) is 0.301. The third-order valence-electron chi connectivity index (χ3n) is 6.01. The van der Waals surface area contributed by atoms with Crippen LogP contribution in [0.3, 0.4) is 0 Å². The van der Waals surface area contributed by atoms with E-state index in [0.29, 0.717) is 28.4 Å². The Kier molecular flexibility index (Phi) is 6.10. The molecule has 1 aliphatic rings. The standard InChI is InChI=1S/C26H25ClN4O5/c1-34-22-10-17(12-32)35-13-21(22)31-26-23-19(11-28-25(23)29-14-30-26)24(33)18-8-7-16(9-20(18)27)36-15-5-3-2-4-6-15/h2-9,11,14,17,21-22,32H,10,12-13H2,1H3,(H2,28,29,30,31)/t17-,21-,22+/m0/s1/i1D3. The number of ketones is 1. The van der Waals surface area contributed by atoms with Gasteiger partial charge in [0.15, 0.2) is 5.78 Å². The van der Waals surface area contributed by atoms with Gasteiger partial charge < -0.3 is 29.6 Å². The number of aromatic nitrogens is 3. The van der Waals surface area contributed by atoms with Crippen molar-refractivity contribution in [3.63, 3.8) is 0 Å². The van der Waals surface area contributed by atoms with E-state index in [0.717, 1.165) is 0 Å². The van der Waals surface area contributed by atoms with Crippen LogP contribution in [0.4, 0.5) is 5.82 Å². The number of aliphatic hydroxyl groups is 1. The van der Waals surface area contributed by atoms with Crippen LogP contribution in [0.1, 0.15) is 26.5 Å². The number of nitrogens with zero attached hydrogens (tertiary/aromatic N) is 2. The molecule has 0 unspecified atom stereocenters. The topological polar surface area (TPSA) is 119 Å². The largest absolute Gasteiger partial charge is 0.457 e. The number of carbonyl (C=O) groups excluding carboxylic acids is 1. The fraction of sp³-hybridized carbons (Fsp3) is 0.269. The zero-order chi connectivity index (χ0) is 27.6. The summed E-state index contributed by atoms with van der Waals surface area (Å²) in [6, 6.07) is 13.4. The summed E-state index contributed by atoms with van der Waals surface area (Å²) in [5, 5.41) is 13.3. The Morgan fingerprint density at radius 2 is 2.11 bits per heavy atom. The number of methoxy groups -OCH3 is 1. The van der Waals surface area contributed by atoms with Crippen LogP contribution in [0.2, 0.25) is 5.02 Å². The molecule has 1 aliphatic heterocycles. The molecule has 10 heteroatoms. The van der Waals surface area contributed by atoms with Crippen molar-refractivity contribution in [2.75, 3.05) is 25.6 Å². The first-order valence-corrected chi connectivity index (χ1v) is 11.7. The van der Waals surface area contributed by atoms with Crippen molar-refractivity contribution >= 4 is 34.2 Å². The third-order valence-corrected chi connectivity index (χ3v) is 6.32. The van der Waals surface area contributed by atoms with Crippen LogP contribution < -0.4 is 10.1 Å². The van der Waals surface area contributed by atoms with E-state index in [4.69, 9.17) is 29.9 Å². The molecule has 2 aromatic carbocycles. The zero-order valence-corrected chi connectivity index (χ0v) is 19.7. The maximum absolute atomic E-state index is 13.6. The van der Waals surface area contributed by atoms with Gasteiger partial charge in [0.1, 0.15) is 29.3 Å². The Morgan fingerprint density at radius 1 is 1.25 bits per heavy atom. The van der Waals surface area contributed by atoms with E-state index in [-0.39, 0.29) is 41.6 Å². The minimum absolute atomic E-state index is 0.0554. The van der Waals surface area contributed by atoms with E-state index in [2.05, 4.69) is 20.3 Å². The molecule has 2 aromatic heterocycles. The zero-order valence-electron chi connectivity index (χ0n) is 22.0. The van der Waals surface area contributed by atoms with Crippen molar-refractivity contribution < 1.29 is 28.2 Å². The van der Waals surface area contributed by atoms with Gasteiger partial charge in [-0.2, -0.15) is 0 Å². The fourth-order valence-corrected chi connectivity index (χ4v) is 4.43. The Morgan fingerprint density at radius 3 is 2.89 bits per heavy atom. The second-order valence-corrected chi connectivity index (χ2v) is 8.72. The molecule has 3 heterocycles. The van der Waals surface area contributed by atoms with E-state index in [1.54, 1.807) is 18.2 Å². The van der Waals surface area contributed by atoms with Gasteiger partial charge in [-0.3, -0.25) is 4.79 Å². The highest BCUT2D eigenvalue weighted by Gasteiger charge is 2.32. The van der Waals surface area contributed by atoms with Crippen molar-refractivity contribution in [2.45, 2.75) is 24.7 Å². The van der Waals surface area contributed by atoms with Crippen molar-refractivity contribution in [3.05, 3.63) is 77.2 Å². The van der Waals surface area contributed by atoms with Crippen LogP contribution in [-0.4, -0.2) is 64.3 Å². The van der Waals surface area contributed by atoms with Crippen LogP contribution in [0, 0.1) is 0 Å². The molecule has 36 heavy (non-hydrogen) atoms. The number of para-hydroxylation sites is 1. The number of hydrogen-bond acceptors (Lipinski definition) is 8. The molecule has 0 spiro atoms.